The average Bonchev–Trinajstić information content (AvgIpc) is 3.24. The lowest BCUT2D eigenvalue weighted by atomic mass is 10.2. The quantitative estimate of drug-likeness (QED) is 0.726. The molecule has 0 aliphatic rings. The van der Waals surface area contributed by atoms with Crippen LogP contribution in [-0.2, 0) is 13.6 Å². The van der Waals surface area contributed by atoms with Gasteiger partial charge in [0.2, 0.25) is 5.95 Å². The van der Waals surface area contributed by atoms with Crippen LogP contribution < -0.4 is 14.8 Å². The summed E-state index contributed by atoms with van der Waals surface area (Å²) in [6, 6.07) is 5.62. The first kappa shape index (κ1) is 16.5. The van der Waals surface area contributed by atoms with Crippen molar-refractivity contribution in [2.45, 2.75) is 6.54 Å². The predicted octanol–water partition coefficient (Wildman–Crippen LogP) is 1.33. The van der Waals surface area contributed by atoms with Crippen molar-refractivity contribution in [1.82, 2.24) is 24.5 Å². The highest BCUT2D eigenvalue weighted by atomic mass is 16.5. The number of ether oxygens (including phenoxy) is 2. The fraction of sp³-hybridized carbons (Fsp3) is 0.250. The van der Waals surface area contributed by atoms with E-state index in [2.05, 4.69) is 20.5 Å². The van der Waals surface area contributed by atoms with E-state index in [1.54, 1.807) is 32.1 Å². The fourth-order valence-electron chi connectivity index (χ4n) is 2.30. The number of carbonyl (C=O) groups excluding carboxylic acids is 1. The zero-order valence-electron chi connectivity index (χ0n) is 14.1. The summed E-state index contributed by atoms with van der Waals surface area (Å²) < 4.78 is 13.7. The maximum atomic E-state index is 12.2. The minimum atomic E-state index is -0.315. The number of aryl methyl sites for hydroxylation is 1. The second-order valence-electron chi connectivity index (χ2n) is 5.31. The summed E-state index contributed by atoms with van der Waals surface area (Å²) in [6.45, 7) is 0.496. The molecule has 3 rings (SSSR count). The van der Waals surface area contributed by atoms with E-state index in [1.807, 2.05) is 18.2 Å². The third kappa shape index (κ3) is 3.77. The Morgan fingerprint density at radius 1 is 1.24 bits per heavy atom. The van der Waals surface area contributed by atoms with Crippen molar-refractivity contribution in [3.8, 4) is 11.5 Å². The van der Waals surface area contributed by atoms with Gasteiger partial charge in [-0.3, -0.25) is 19.5 Å². The molecule has 0 fully saturated rings. The number of nitrogens with one attached hydrogen (secondary N) is 1. The summed E-state index contributed by atoms with van der Waals surface area (Å²) in [7, 11) is 4.90. The molecule has 1 amide bonds. The van der Waals surface area contributed by atoms with Crippen LogP contribution in [0.3, 0.4) is 0 Å². The second-order valence-corrected chi connectivity index (χ2v) is 5.31. The fourth-order valence-corrected chi connectivity index (χ4v) is 2.30. The van der Waals surface area contributed by atoms with Crippen LogP contribution in [0.2, 0.25) is 0 Å². The number of benzene rings is 1. The largest absolute Gasteiger partial charge is 0.493 e. The Balaban J connectivity index is 1.70. The molecule has 9 heteroatoms. The highest BCUT2D eigenvalue weighted by Gasteiger charge is 2.12. The zero-order valence-corrected chi connectivity index (χ0v) is 14.1. The number of aromatic nitrogens is 5. The predicted molar refractivity (Wildman–Crippen MR) is 89.8 cm³/mol. The van der Waals surface area contributed by atoms with E-state index in [-0.39, 0.29) is 11.9 Å². The number of rotatable bonds is 6. The molecule has 0 unspecified atom stereocenters. The topological polar surface area (TPSA) is 96.1 Å². The van der Waals surface area contributed by atoms with Crippen molar-refractivity contribution in [3.63, 3.8) is 0 Å². The van der Waals surface area contributed by atoms with Gasteiger partial charge in [0, 0.05) is 13.2 Å². The van der Waals surface area contributed by atoms with Crippen molar-refractivity contribution in [3.05, 3.63) is 48.0 Å². The number of methoxy groups -OCH3 is 2. The SMILES string of the molecule is COc1ccc(Cn2cc(C(=O)Nc3ncn(C)n3)cn2)cc1OC. The van der Waals surface area contributed by atoms with Gasteiger partial charge in [-0.25, -0.2) is 4.98 Å². The van der Waals surface area contributed by atoms with E-state index in [1.165, 1.54) is 17.2 Å². The molecule has 2 aromatic heterocycles. The van der Waals surface area contributed by atoms with Gasteiger partial charge >= 0.3 is 0 Å². The monoisotopic (exact) mass is 342 g/mol. The molecule has 1 aromatic carbocycles. The Kier molecular flexibility index (Phi) is 4.64. The molecule has 0 radical (unpaired) electrons. The average molecular weight is 342 g/mol. The highest BCUT2D eigenvalue weighted by Crippen LogP contribution is 2.27. The van der Waals surface area contributed by atoms with Gasteiger partial charge < -0.3 is 9.47 Å². The van der Waals surface area contributed by atoms with Crippen molar-refractivity contribution < 1.29 is 14.3 Å². The van der Waals surface area contributed by atoms with Crippen LogP contribution in [0.5, 0.6) is 11.5 Å². The Morgan fingerprint density at radius 3 is 2.72 bits per heavy atom. The van der Waals surface area contributed by atoms with E-state index >= 15 is 0 Å². The maximum absolute atomic E-state index is 12.2. The van der Waals surface area contributed by atoms with Crippen LogP contribution in [0.1, 0.15) is 15.9 Å². The zero-order chi connectivity index (χ0) is 17.8. The Hall–Kier alpha value is -3.36. The molecular weight excluding hydrogens is 324 g/mol. The van der Waals surface area contributed by atoms with Gasteiger partial charge in [0.15, 0.2) is 11.5 Å². The first-order valence-corrected chi connectivity index (χ1v) is 7.49. The number of amides is 1. The summed E-state index contributed by atoms with van der Waals surface area (Å²) in [5.74, 6) is 1.24. The van der Waals surface area contributed by atoms with E-state index < -0.39 is 0 Å². The highest BCUT2D eigenvalue weighted by molar-refractivity contribution is 6.02. The molecule has 0 aliphatic carbocycles. The molecule has 0 aliphatic heterocycles. The summed E-state index contributed by atoms with van der Waals surface area (Å²) in [5.41, 5.74) is 1.40. The minimum absolute atomic E-state index is 0.250. The van der Waals surface area contributed by atoms with Gasteiger partial charge in [-0.2, -0.15) is 5.10 Å². The van der Waals surface area contributed by atoms with Crippen LogP contribution in [0.4, 0.5) is 5.95 Å². The summed E-state index contributed by atoms with van der Waals surface area (Å²) >= 11 is 0. The molecule has 130 valence electrons. The molecule has 0 saturated carbocycles. The van der Waals surface area contributed by atoms with E-state index in [0.717, 1.165) is 5.56 Å². The molecule has 1 N–H and O–H groups in total. The second kappa shape index (κ2) is 7.04. The van der Waals surface area contributed by atoms with E-state index in [0.29, 0.717) is 23.6 Å². The summed E-state index contributed by atoms with van der Waals surface area (Å²) in [4.78, 5) is 16.1. The van der Waals surface area contributed by atoms with Gasteiger partial charge in [0.1, 0.15) is 6.33 Å². The lowest BCUT2D eigenvalue weighted by Crippen LogP contribution is -2.12. The van der Waals surface area contributed by atoms with Crippen LogP contribution in [0, 0.1) is 0 Å². The third-order valence-corrected chi connectivity index (χ3v) is 3.51. The molecule has 3 aromatic rings. The normalized spacial score (nSPS) is 10.5. The molecule has 0 saturated heterocycles. The van der Waals surface area contributed by atoms with Gasteiger partial charge in [-0.05, 0) is 17.7 Å². The van der Waals surface area contributed by atoms with Gasteiger partial charge in [0.25, 0.3) is 5.91 Å². The van der Waals surface area contributed by atoms with Crippen molar-refractivity contribution in [2.24, 2.45) is 7.05 Å². The van der Waals surface area contributed by atoms with Gasteiger partial charge in [-0.1, -0.05) is 6.07 Å². The van der Waals surface area contributed by atoms with Crippen molar-refractivity contribution in [1.29, 1.82) is 0 Å². The number of anilines is 1. The molecule has 0 atom stereocenters. The Bertz CT molecular complexity index is 886. The molecule has 25 heavy (non-hydrogen) atoms. The van der Waals surface area contributed by atoms with Crippen LogP contribution in [0.15, 0.2) is 36.9 Å². The number of nitrogens with zero attached hydrogens (tertiary/aromatic N) is 5. The number of carbonyl (C=O) groups is 1. The Labute approximate surface area is 144 Å². The lowest BCUT2D eigenvalue weighted by Gasteiger charge is -2.09. The molecule has 9 nitrogen and oxygen atoms in total. The standard InChI is InChI=1S/C16H18N6O3/c1-21-10-17-16(20-21)19-15(23)12-7-18-22(9-12)8-11-4-5-13(24-2)14(6-11)25-3/h4-7,9-10H,8H2,1-3H3,(H,19,20,23). The lowest BCUT2D eigenvalue weighted by molar-refractivity contribution is 0.102. The van der Waals surface area contributed by atoms with Gasteiger partial charge in [0.05, 0.1) is 32.5 Å². The van der Waals surface area contributed by atoms with E-state index in [9.17, 15) is 4.79 Å². The van der Waals surface area contributed by atoms with E-state index in [4.69, 9.17) is 9.47 Å². The van der Waals surface area contributed by atoms with Crippen LogP contribution in [-0.4, -0.2) is 44.7 Å². The third-order valence-electron chi connectivity index (χ3n) is 3.51. The summed E-state index contributed by atoms with van der Waals surface area (Å²) in [5, 5.41) is 10.8. The minimum Gasteiger partial charge on any atom is -0.493 e. The first-order chi connectivity index (χ1) is 12.1. The van der Waals surface area contributed by atoms with Crippen molar-refractivity contribution >= 4 is 11.9 Å². The molecule has 0 spiro atoms. The number of hydrogen-bond donors (Lipinski definition) is 1. The van der Waals surface area contributed by atoms with Crippen LogP contribution >= 0.6 is 0 Å². The van der Waals surface area contributed by atoms with Crippen molar-refractivity contribution in [2.75, 3.05) is 19.5 Å². The molecular formula is C16H18N6O3. The smallest absolute Gasteiger partial charge is 0.261 e. The Morgan fingerprint density at radius 2 is 2.04 bits per heavy atom. The first-order valence-electron chi connectivity index (χ1n) is 7.49. The van der Waals surface area contributed by atoms with Crippen LogP contribution in [0.25, 0.3) is 0 Å². The summed E-state index contributed by atoms with van der Waals surface area (Å²) in [6.07, 6.45) is 4.67. The maximum Gasteiger partial charge on any atom is 0.261 e. The number of hydrogen-bond acceptors (Lipinski definition) is 6. The van der Waals surface area contributed by atoms with Gasteiger partial charge in [-0.15, -0.1) is 5.10 Å². The molecule has 2 heterocycles. The molecule has 0 bridgehead atoms.